The summed E-state index contributed by atoms with van der Waals surface area (Å²) < 4.78 is 31.9. The third-order valence-corrected chi connectivity index (χ3v) is 4.52. The second-order valence-corrected chi connectivity index (χ2v) is 6.38. The van der Waals surface area contributed by atoms with Crippen molar-refractivity contribution in [2.45, 2.75) is 12.5 Å². The number of methoxy groups -OCH3 is 1. The van der Waals surface area contributed by atoms with E-state index in [1.165, 1.54) is 14.2 Å². The van der Waals surface area contributed by atoms with Crippen molar-refractivity contribution < 1.29 is 17.9 Å². The molecule has 126 valence electrons. The van der Waals surface area contributed by atoms with Crippen LogP contribution >= 0.6 is 12.4 Å². The van der Waals surface area contributed by atoms with E-state index in [1.807, 2.05) is 30.3 Å². The van der Waals surface area contributed by atoms with Crippen molar-refractivity contribution in [3.05, 3.63) is 35.9 Å². The second-order valence-electron chi connectivity index (χ2n) is 4.52. The SMILES string of the molecule is COC(=O)CCN(C)S(=O)(=O)NCC(N)c1ccccc1.Cl. The van der Waals surface area contributed by atoms with Crippen molar-refractivity contribution in [3.8, 4) is 0 Å². The summed E-state index contributed by atoms with van der Waals surface area (Å²) in [5.41, 5.74) is 6.77. The molecule has 3 N–H and O–H groups in total. The fourth-order valence-electron chi connectivity index (χ4n) is 1.59. The van der Waals surface area contributed by atoms with Crippen molar-refractivity contribution >= 4 is 28.6 Å². The first-order chi connectivity index (χ1) is 9.86. The van der Waals surface area contributed by atoms with Crippen LogP contribution in [0.25, 0.3) is 0 Å². The van der Waals surface area contributed by atoms with Gasteiger partial charge in [-0.25, -0.2) is 4.72 Å². The molecule has 1 atom stereocenters. The maximum Gasteiger partial charge on any atom is 0.306 e. The average molecular weight is 352 g/mol. The number of esters is 1. The number of nitrogens with one attached hydrogen (secondary N) is 1. The van der Waals surface area contributed by atoms with Gasteiger partial charge in [0.15, 0.2) is 0 Å². The summed E-state index contributed by atoms with van der Waals surface area (Å²) in [7, 11) is -1.03. The summed E-state index contributed by atoms with van der Waals surface area (Å²) in [6.07, 6.45) is -0.00134. The van der Waals surface area contributed by atoms with E-state index in [-0.39, 0.29) is 31.9 Å². The van der Waals surface area contributed by atoms with Gasteiger partial charge in [-0.05, 0) is 5.56 Å². The lowest BCUT2D eigenvalue weighted by Gasteiger charge is -2.19. The molecule has 0 fully saturated rings. The molecule has 9 heteroatoms. The standard InChI is InChI=1S/C13H21N3O4S.ClH/c1-16(9-8-13(17)20-2)21(18,19)15-10-12(14)11-6-4-3-5-7-11;/h3-7,12,15H,8-10,14H2,1-2H3;1H. The Bertz CT molecular complexity index is 554. The summed E-state index contributed by atoms with van der Waals surface area (Å²) in [5.74, 6) is -0.460. The van der Waals surface area contributed by atoms with Crippen molar-refractivity contribution in [3.63, 3.8) is 0 Å². The zero-order chi connectivity index (χ0) is 15.9. The number of carbonyl (C=O) groups is 1. The van der Waals surface area contributed by atoms with Gasteiger partial charge in [-0.3, -0.25) is 4.79 Å². The maximum atomic E-state index is 12.0. The van der Waals surface area contributed by atoms with Gasteiger partial charge in [0.05, 0.1) is 13.5 Å². The average Bonchev–Trinajstić information content (AvgIpc) is 2.50. The van der Waals surface area contributed by atoms with E-state index in [0.29, 0.717) is 0 Å². The number of benzene rings is 1. The van der Waals surface area contributed by atoms with E-state index in [2.05, 4.69) is 9.46 Å². The van der Waals surface area contributed by atoms with Crippen LogP contribution in [0.15, 0.2) is 30.3 Å². The predicted molar refractivity (Wildman–Crippen MR) is 86.8 cm³/mol. The minimum atomic E-state index is -3.67. The maximum absolute atomic E-state index is 12.0. The first-order valence-electron chi connectivity index (χ1n) is 6.45. The van der Waals surface area contributed by atoms with Crippen LogP contribution in [0.1, 0.15) is 18.0 Å². The van der Waals surface area contributed by atoms with Crippen LogP contribution in [0.4, 0.5) is 0 Å². The van der Waals surface area contributed by atoms with E-state index in [9.17, 15) is 13.2 Å². The predicted octanol–water partition coefficient (Wildman–Crippen LogP) is 0.438. The number of hydrogen-bond acceptors (Lipinski definition) is 5. The van der Waals surface area contributed by atoms with Crippen molar-refractivity contribution in [2.75, 3.05) is 27.2 Å². The highest BCUT2D eigenvalue weighted by Crippen LogP contribution is 2.08. The van der Waals surface area contributed by atoms with Crippen LogP contribution in [-0.4, -0.2) is 45.9 Å². The number of hydrogen-bond donors (Lipinski definition) is 2. The number of carbonyl (C=O) groups excluding carboxylic acids is 1. The topological polar surface area (TPSA) is 102 Å². The van der Waals surface area contributed by atoms with E-state index in [1.54, 1.807) is 0 Å². The van der Waals surface area contributed by atoms with E-state index >= 15 is 0 Å². The first-order valence-corrected chi connectivity index (χ1v) is 7.89. The van der Waals surface area contributed by atoms with Crippen LogP contribution in [0.2, 0.25) is 0 Å². The fourth-order valence-corrected chi connectivity index (χ4v) is 2.54. The quantitative estimate of drug-likeness (QED) is 0.661. The molecular weight excluding hydrogens is 330 g/mol. The summed E-state index contributed by atoms with van der Waals surface area (Å²) in [4.78, 5) is 11.0. The molecular formula is C13H22ClN3O4S. The van der Waals surface area contributed by atoms with Crippen molar-refractivity contribution in [1.29, 1.82) is 0 Å². The minimum Gasteiger partial charge on any atom is -0.469 e. The highest BCUT2D eigenvalue weighted by molar-refractivity contribution is 7.87. The zero-order valence-corrected chi connectivity index (χ0v) is 14.2. The van der Waals surface area contributed by atoms with E-state index in [4.69, 9.17) is 5.73 Å². The molecule has 0 saturated heterocycles. The van der Waals surface area contributed by atoms with Crippen LogP contribution < -0.4 is 10.5 Å². The Morgan fingerprint density at radius 1 is 1.36 bits per heavy atom. The Hall–Kier alpha value is -1.19. The number of halogens is 1. The van der Waals surface area contributed by atoms with Crippen LogP contribution in [0.5, 0.6) is 0 Å². The lowest BCUT2D eigenvalue weighted by molar-refractivity contribution is -0.140. The van der Waals surface area contributed by atoms with Crippen molar-refractivity contribution in [1.82, 2.24) is 9.03 Å². The molecule has 1 aromatic rings. The highest BCUT2D eigenvalue weighted by Gasteiger charge is 2.19. The molecule has 7 nitrogen and oxygen atoms in total. The molecule has 0 heterocycles. The third-order valence-electron chi connectivity index (χ3n) is 2.98. The lowest BCUT2D eigenvalue weighted by atomic mass is 10.1. The van der Waals surface area contributed by atoms with E-state index < -0.39 is 22.2 Å². The summed E-state index contributed by atoms with van der Waals surface area (Å²) in [5, 5.41) is 0. The van der Waals surface area contributed by atoms with Crippen LogP contribution in [0.3, 0.4) is 0 Å². The van der Waals surface area contributed by atoms with Gasteiger partial charge in [0, 0.05) is 26.2 Å². The molecule has 0 radical (unpaired) electrons. The second kappa shape index (κ2) is 9.75. The molecule has 0 aliphatic rings. The molecule has 22 heavy (non-hydrogen) atoms. The molecule has 0 aromatic heterocycles. The monoisotopic (exact) mass is 351 g/mol. The van der Waals surface area contributed by atoms with Crippen LogP contribution in [-0.2, 0) is 19.7 Å². The summed E-state index contributed by atoms with van der Waals surface area (Å²) in [6.45, 7) is 0.123. The zero-order valence-electron chi connectivity index (χ0n) is 12.6. The molecule has 0 bridgehead atoms. The number of rotatable bonds is 8. The molecule has 1 rings (SSSR count). The Kier molecular flexibility index (Phi) is 9.22. The molecule has 1 aromatic carbocycles. The van der Waals surface area contributed by atoms with Gasteiger partial charge in [-0.1, -0.05) is 30.3 Å². The summed E-state index contributed by atoms with van der Waals surface area (Å²) in [6, 6.07) is 8.77. The lowest BCUT2D eigenvalue weighted by Crippen LogP contribution is -2.42. The molecule has 0 spiro atoms. The largest absolute Gasteiger partial charge is 0.469 e. The molecule has 0 saturated carbocycles. The molecule has 1 unspecified atom stereocenters. The fraction of sp³-hybridized carbons (Fsp3) is 0.462. The number of nitrogens with zero attached hydrogens (tertiary/aromatic N) is 1. The van der Waals surface area contributed by atoms with Crippen LogP contribution in [0, 0.1) is 0 Å². The number of nitrogens with two attached hydrogens (primary N) is 1. The van der Waals surface area contributed by atoms with Gasteiger partial charge in [0.25, 0.3) is 10.2 Å². The number of ether oxygens (including phenoxy) is 1. The Morgan fingerprint density at radius 2 is 1.95 bits per heavy atom. The van der Waals surface area contributed by atoms with Gasteiger partial charge < -0.3 is 10.5 Å². The normalized spacial score (nSPS) is 12.5. The van der Waals surface area contributed by atoms with Crippen molar-refractivity contribution in [2.24, 2.45) is 5.73 Å². The van der Waals surface area contributed by atoms with Gasteiger partial charge in [0.2, 0.25) is 0 Å². The Balaban J connectivity index is 0.00000441. The third kappa shape index (κ3) is 6.71. The van der Waals surface area contributed by atoms with Gasteiger partial charge in [-0.15, -0.1) is 12.4 Å². The van der Waals surface area contributed by atoms with Gasteiger partial charge >= 0.3 is 5.97 Å². The minimum absolute atomic E-state index is 0. The smallest absolute Gasteiger partial charge is 0.306 e. The Morgan fingerprint density at radius 3 is 2.50 bits per heavy atom. The molecule has 0 aliphatic carbocycles. The molecule has 0 aliphatic heterocycles. The first kappa shape index (κ1) is 20.8. The molecule has 0 amide bonds. The van der Waals surface area contributed by atoms with E-state index in [0.717, 1.165) is 9.87 Å². The highest BCUT2D eigenvalue weighted by atomic mass is 35.5. The van der Waals surface area contributed by atoms with Gasteiger partial charge in [0.1, 0.15) is 0 Å². The Labute approximate surface area is 137 Å². The summed E-state index contributed by atoms with van der Waals surface area (Å²) >= 11 is 0. The van der Waals surface area contributed by atoms with Gasteiger partial charge in [-0.2, -0.15) is 12.7 Å².